The summed E-state index contributed by atoms with van der Waals surface area (Å²) in [4.78, 5) is 18.9. The Labute approximate surface area is 98.5 Å². The van der Waals surface area contributed by atoms with Crippen molar-refractivity contribution in [1.82, 2.24) is 9.97 Å². The summed E-state index contributed by atoms with van der Waals surface area (Å²) in [5.41, 5.74) is 0.579. The number of aromatic amines is 1. The van der Waals surface area contributed by atoms with Gasteiger partial charge in [-0.3, -0.25) is 4.79 Å². The van der Waals surface area contributed by atoms with E-state index >= 15 is 0 Å². The van der Waals surface area contributed by atoms with E-state index in [-0.39, 0.29) is 5.56 Å². The molecule has 0 fully saturated rings. The molecule has 0 bridgehead atoms. The van der Waals surface area contributed by atoms with E-state index in [1.54, 1.807) is 18.2 Å². The smallest absolute Gasteiger partial charge is 0.258 e. The van der Waals surface area contributed by atoms with Crippen LogP contribution in [0, 0.1) is 0 Å². The first-order chi connectivity index (χ1) is 7.70. The molecule has 0 atom stereocenters. The van der Waals surface area contributed by atoms with Gasteiger partial charge in [0.25, 0.3) is 5.56 Å². The SMILES string of the molecule is CCCCc1nc2cc(Cl)ccc2c(=O)[nH]1. The summed E-state index contributed by atoms with van der Waals surface area (Å²) in [5.74, 6) is 0.738. The number of unbranched alkanes of at least 4 members (excludes halogenated alkanes) is 1. The maximum atomic E-state index is 11.7. The van der Waals surface area contributed by atoms with Crippen LogP contribution < -0.4 is 5.56 Å². The van der Waals surface area contributed by atoms with Crippen molar-refractivity contribution in [2.24, 2.45) is 0 Å². The van der Waals surface area contributed by atoms with E-state index in [2.05, 4.69) is 16.9 Å². The molecule has 0 aliphatic rings. The lowest BCUT2D eigenvalue weighted by Crippen LogP contribution is -2.11. The van der Waals surface area contributed by atoms with Crippen LogP contribution in [0.2, 0.25) is 5.02 Å². The number of fused-ring (bicyclic) bond motifs is 1. The van der Waals surface area contributed by atoms with Crippen molar-refractivity contribution in [2.75, 3.05) is 0 Å². The Hall–Kier alpha value is -1.35. The minimum atomic E-state index is -0.0900. The summed E-state index contributed by atoms with van der Waals surface area (Å²) in [6, 6.07) is 5.13. The first-order valence-electron chi connectivity index (χ1n) is 5.39. The number of aryl methyl sites for hydroxylation is 1. The van der Waals surface area contributed by atoms with E-state index in [1.807, 2.05) is 0 Å². The van der Waals surface area contributed by atoms with Crippen molar-refractivity contribution in [3.8, 4) is 0 Å². The van der Waals surface area contributed by atoms with Crippen LogP contribution in [0.1, 0.15) is 25.6 Å². The fourth-order valence-electron chi connectivity index (χ4n) is 1.62. The Balaban J connectivity index is 2.52. The van der Waals surface area contributed by atoms with Crippen LogP contribution in [0.15, 0.2) is 23.0 Å². The second kappa shape index (κ2) is 4.66. The molecule has 84 valence electrons. The molecule has 1 N–H and O–H groups in total. The van der Waals surface area contributed by atoms with Crippen molar-refractivity contribution >= 4 is 22.5 Å². The molecule has 2 rings (SSSR count). The number of nitrogens with zero attached hydrogens (tertiary/aromatic N) is 1. The molecule has 2 aromatic rings. The Morgan fingerprint density at radius 1 is 1.44 bits per heavy atom. The summed E-state index contributed by atoms with van der Waals surface area (Å²) >= 11 is 5.88. The molecule has 1 aromatic heterocycles. The first kappa shape index (κ1) is 11.1. The van der Waals surface area contributed by atoms with E-state index in [1.165, 1.54) is 0 Å². The van der Waals surface area contributed by atoms with Crippen molar-refractivity contribution in [1.29, 1.82) is 0 Å². The van der Waals surface area contributed by atoms with Gasteiger partial charge in [-0.1, -0.05) is 24.9 Å². The van der Waals surface area contributed by atoms with Crippen molar-refractivity contribution in [3.63, 3.8) is 0 Å². The van der Waals surface area contributed by atoms with E-state index < -0.39 is 0 Å². The van der Waals surface area contributed by atoms with Gasteiger partial charge in [-0.15, -0.1) is 0 Å². The minimum Gasteiger partial charge on any atom is -0.310 e. The number of benzene rings is 1. The molecule has 16 heavy (non-hydrogen) atoms. The molecular formula is C12H13ClN2O. The van der Waals surface area contributed by atoms with Crippen LogP contribution in [0.4, 0.5) is 0 Å². The largest absolute Gasteiger partial charge is 0.310 e. The maximum absolute atomic E-state index is 11.7. The van der Waals surface area contributed by atoms with E-state index in [9.17, 15) is 4.79 Å². The van der Waals surface area contributed by atoms with Gasteiger partial charge in [-0.05, 0) is 24.6 Å². The molecule has 0 spiro atoms. The van der Waals surface area contributed by atoms with E-state index in [4.69, 9.17) is 11.6 Å². The van der Waals surface area contributed by atoms with Gasteiger partial charge in [-0.25, -0.2) is 4.98 Å². The molecule has 0 radical (unpaired) electrons. The highest BCUT2D eigenvalue weighted by molar-refractivity contribution is 6.31. The third-order valence-electron chi connectivity index (χ3n) is 2.48. The molecule has 0 aliphatic heterocycles. The predicted molar refractivity (Wildman–Crippen MR) is 66.0 cm³/mol. The number of H-pyrrole nitrogens is 1. The molecule has 0 aliphatic carbocycles. The van der Waals surface area contributed by atoms with Crippen LogP contribution in [-0.2, 0) is 6.42 Å². The second-order valence-corrected chi connectivity index (χ2v) is 4.21. The number of aromatic nitrogens is 2. The van der Waals surface area contributed by atoms with Gasteiger partial charge in [0, 0.05) is 11.4 Å². The third-order valence-corrected chi connectivity index (χ3v) is 2.72. The summed E-state index contributed by atoms with van der Waals surface area (Å²) < 4.78 is 0. The van der Waals surface area contributed by atoms with Gasteiger partial charge in [0.15, 0.2) is 0 Å². The fraction of sp³-hybridized carbons (Fsp3) is 0.333. The summed E-state index contributed by atoms with van der Waals surface area (Å²) in [6.07, 6.45) is 2.90. The lowest BCUT2D eigenvalue weighted by atomic mass is 10.2. The van der Waals surface area contributed by atoms with Gasteiger partial charge in [0.05, 0.1) is 10.9 Å². The second-order valence-electron chi connectivity index (χ2n) is 3.78. The van der Waals surface area contributed by atoms with E-state index in [0.717, 1.165) is 25.1 Å². The zero-order chi connectivity index (χ0) is 11.5. The van der Waals surface area contributed by atoms with Crippen LogP contribution in [0.5, 0.6) is 0 Å². The molecule has 0 saturated heterocycles. The average molecular weight is 237 g/mol. The first-order valence-corrected chi connectivity index (χ1v) is 5.77. The zero-order valence-electron chi connectivity index (χ0n) is 9.09. The van der Waals surface area contributed by atoms with Gasteiger partial charge in [-0.2, -0.15) is 0 Å². The quantitative estimate of drug-likeness (QED) is 0.891. The highest BCUT2D eigenvalue weighted by atomic mass is 35.5. The number of hydrogen-bond donors (Lipinski definition) is 1. The number of halogens is 1. The Kier molecular flexibility index (Phi) is 3.25. The van der Waals surface area contributed by atoms with E-state index in [0.29, 0.717) is 15.9 Å². The van der Waals surface area contributed by atoms with Gasteiger partial charge in [0.1, 0.15) is 5.82 Å². The van der Waals surface area contributed by atoms with Crippen molar-refractivity contribution < 1.29 is 0 Å². The maximum Gasteiger partial charge on any atom is 0.258 e. The fourth-order valence-corrected chi connectivity index (χ4v) is 1.79. The number of rotatable bonds is 3. The number of hydrogen-bond acceptors (Lipinski definition) is 2. The van der Waals surface area contributed by atoms with Gasteiger partial charge >= 0.3 is 0 Å². The molecule has 0 amide bonds. The van der Waals surface area contributed by atoms with Crippen molar-refractivity contribution in [2.45, 2.75) is 26.2 Å². The summed E-state index contributed by atoms with van der Waals surface area (Å²) in [5, 5.41) is 1.19. The standard InChI is InChI=1S/C12H13ClN2O/c1-2-3-4-11-14-10-7-8(13)5-6-9(10)12(16)15-11/h5-7H,2-4H2,1H3,(H,14,15,16). The summed E-state index contributed by atoms with van der Waals surface area (Å²) in [7, 11) is 0. The van der Waals surface area contributed by atoms with Gasteiger partial charge < -0.3 is 4.98 Å². The Bertz CT molecular complexity index is 562. The molecule has 1 aromatic carbocycles. The summed E-state index contributed by atoms with van der Waals surface area (Å²) in [6.45, 7) is 2.11. The molecule has 1 heterocycles. The highest BCUT2D eigenvalue weighted by Crippen LogP contribution is 2.14. The lowest BCUT2D eigenvalue weighted by Gasteiger charge is -2.02. The molecule has 3 nitrogen and oxygen atoms in total. The number of nitrogens with one attached hydrogen (secondary N) is 1. The lowest BCUT2D eigenvalue weighted by molar-refractivity contribution is 0.753. The van der Waals surface area contributed by atoms with Crippen LogP contribution >= 0.6 is 11.6 Å². The van der Waals surface area contributed by atoms with Crippen LogP contribution in [-0.4, -0.2) is 9.97 Å². The molecule has 0 unspecified atom stereocenters. The molecule has 4 heteroatoms. The molecule has 0 saturated carbocycles. The monoisotopic (exact) mass is 236 g/mol. The highest BCUT2D eigenvalue weighted by Gasteiger charge is 2.03. The third kappa shape index (κ3) is 2.25. The average Bonchev–Trinajstić information content (AvgIpc) is 2.25. The minimum absolute atomic E-state index is 0.0900. The van der Waals surface area contributed by atoms with Crippen LogP contribution in [0.25, 0.3) is 10.9 Å². The van der Waals surface area contributed by atoms with Crippen LogP contribution in [0.3, 0.4) is 0 Å². The van der Waals surface area contributed by atoms with Crippen molar-refractivity contribution in [3.05, 3.63) is 39.4 Å². The normalized spacial score (nSPS) is 10.9. The zero-order valence-corrected chi connectivity index (χ0v) is 9.84. The molecular weight excluding hydrogens is 224 g/mol. The Morgan fingerprint density at radius 2 is 2.25 bits per heavy atom. The predicted octanol–water partition coefficient (Wildman–Crippen LogP) is 2.92. The topological polar surface area (TPSA) is 45.8 Å². The van der Waals surface area contributed by atoms with Gasteiger partial charge in [0.2, 0.25) is 0 Å². The Morgan fingerprint density at radius 3 is 3.00 bits per heavy atom.